The summed E-state index contributed by atoms with van der Waals surface area (Å²) in [4.78, 5) is 12.0. The van der Waals surface area contributed by atoms with E-state index in [9.17, 15) is 0 Å². The Balaban J connectivity index is 2.21. The van der Waals surface area contributed by atoms with Gasteiger partial charge in [0.05, 0.1) is 6.54 Å². The molecule has 2 aromatic heterocycles. The van der Waals surface area contributed by atoms with Gasteiger partial charge in [-0.2, -0.15) is 9.97 Å². The Hall–Kier alpha value is -1.82. The van der Waals surface area contributed by atoms with Crippen LogP contribution in [0.15, 0.2) is 23.6 Å². The minimum absolute atomic E-state index is 0.304. The number of hydrogen-bond acceptors (Lipinski definition) is 6. The normalized spacial score (nSPS) is 10.4. The Bertz CT molecular complexity index is 512. The maximum atomic E-state index is 5.77. The molecule has 0 spiro atoms. The van der Waals surface area contributed by atoms with Gasteiger partial charge < -0.3 is 16.0 Å². The van der Waals surface area contributed by atoms with Gasteiger partial charge in [-0.15, -0.1) is 11.3 Å². The summed E-state index contributed by atoms with van der Waals surface area (Å²) < 4.78 is 0. The van der Waals surface area contributed by atoms with Crippen molar-refractivity contribution in [3.05, 3.63) is 28.5 Å². The van der Waals surface area contributed by atoms with Gasteiger partial charge in [0.2, 0.25) is 5.95 Å². The average molecular weight is 277 g/mol. The van der Waals surface area contributed by atoms with Gasteiger partial charge in [-0.25, -0.2) is 0 Å². The number of anilines is 3. The molecule has 0 saturated heterocycles. The van der Waals surface area contributed by atoms with Gasteiger partial charge in [0.1, 0.15) is 11.6 Å². The molecule has 0 aliphatic heterocycles. The molecule has 0 aliphatic rings. The lowest BCUT2D eigenvalue weighted by atomic mass is 10.4. The maximum Gasteiger partial charge on any atom is 0.223 e. The van der Waals surface area contributed by atoms with Crippen molar-refractivity contribution in [1.29, 1.82) is 0 Å². The van der Waals surface area contributed by atoms with E-state index < -0.39 is 0 Å². The van der Waals surface area contributed by atoms with Crippen molar-refractivity contribution in [3.8, 4) is 0 Å². The topological polar surface area (TPSA) is 67.1 Å². The second kappa shape index (κ2) is 6.38. The number of nitrogens with one attached hydrogen (secondary N) is 1. The molecule has 0 saturated carbocycles. The molecular formula is C13H19N5S. The molecule has 5 nitrogen and oxygen atoms in total. The number of rotatable bonds is 6. The van der Waals surface area contributed by atoms with Crippen LogP contribution in [0.2, 0.25) is 0 Å². The summed E-state index contributed by atoms with van der Waals surface area (Å²) in [5.74, 6) is 1.94. The molecule has 19 heavy (non-hydrogen) atoms. The quantitative estimate of drug-likeness (QED) is 0.849. The van der Waals surface area contributed by atoms with Crippen LogP contribution in [0.25, 0.3) is 0 Å². The Kier molecular flexibility index (Phi) is 4.57. The molecule has 2 heterocycles. The van der Waals surface area contributed by atoms with Crippen molar-refractivity contribution < 1.29 is 0 Å². The first kappa shape index (κ1) is 13.6. The van der Waals surface area contributed by atoms with Crippen LogP contribution < -0.4 is 16.0 Å². The van der Waals surface area contributed by atoms with Crippen LogP contribution in [0.4, 0.5) is 17.6 Å². The van der Waals surface area contributed by atoms with E-state index in [1.807, 2.05) is 13.0 Å². The van der Waals surface area contributed by atoms with E-state index in [1.165, 1.54) is 4.88 Å². The predicted octanol–water partition coefficient (Wildman–Crippen LogP) is 2.58. The number of thiophene rings is 1. The Morgan fingerprint density at radius 3 is 2.84 bits per heavy atom. The molecule has 3 N–H and O–H groups in total. The predicted molar refractivity (Wildman–Crippen MR) is 81.7 cm³/mol. The third-order valence-corrected chi connectivity index (χ3v) is 3.58. The van der Waals surface area contributed by atoms with Crippen LogP contribution in [0.5, 0.6) is 0 Å². The molecule has 6 heteroatoms. The van der Waals surface area contributed by atoms with Gasteiger partial charge in [-0.1, -0.05) is 6.07 Å². The highest BCUT2D eigenvalue weighted by Gasteiger charge is 2.10. The highest BCUT2D eigenvalue weighted by Crippen LogP contribution is 2.20. The zero-order chi connectivity index (χ0) is 13.7. The molecular weight excluding hydrogens is 258 g/mol. The fraction of sp³-hybridized carbons (Fsp3) is 0.385. The fourth-order valence-corrected chi connectivity index (χ4v) is 2.55. The van der Waals surface area contributed by atoms with Crippen molar-refractivity contribution in [1.82, 2.24) is 9.97 Å². The standard InChI is InChI=1S/C13H19N5S/c1-3-15-11-8-12(17-13(14)16-11)18(4-2)9-10-6-5-7-19-10/h5-8H,3-4,9H2,1-2H3,(H3,14,15,16,17). The van der Waals surface area contributed by atoms with E-state index in [4.69, 9.17) is 5.73 Å². The largest absolute Gasteiger partial charge is 0.370 e. The van der Waals surface area contributed by atoms with Crippen molar-refractivity contribution in [3.63, 3.8) is 0 Å². The second-order valence-corrected chi connectivity index (χ2v) is 5.13. The van der Waals surface area contributed by atoms with Crippen molar-refractivity contribution >= 4 is 28.9 Å². The SMILES string of the molecule is CCNc1cc(N(CC)Cc2cccs2)nc(N)n1. The van der Waals surface area contributed by atoms with Gasteiger partial charge in [-0.3, -0.25) is 0 Å². The van der Waals surface area contributed by atoms with Crippen molar-refractivity contribution in [2.75, 3.05) is 29.0 Å². The summed E-state index contributed by atoms with van der Waals surface area (Å²) in [6.45, 7) is 6.67. The van der Waals surface area contributed by atoms with E-state index in [1.54, 1.807) is 11.3 Å². The lowest BCUT2D eigenvalue weighted by Gasteiger charge is -2.22. The van der Waals surface area contributed by atoms with Crippen molar-refractivity contribution in [2.45, 2.75) is 20.4 Å². The van der Waals surface area contributed by atoms with Gasteiger partial charge in [-0.05, 0) is 25.3 Å². The minimum atomic E-state index is 0.304. The fourth-order valence-electron chi connectivity index (χ4n) is 1.83. The highest BCUT2D eigenvalue weighted by molar-refractivity contribution is 7.09. The van der Waals surface area contributed by atoms with Crippen LogP contribution in [0.1, 0.15) is 18.7 Å². The number of nitrogens with zero attached hydrogens (tertiary/aromatic N) is 3. The first-order chi connectivity index (χ1) is 9.22. The summed E-state index contributed by atoms with van der Waals surface area (Å²) in [6, 6.07) is 6.13. The van der Waals surface area contributed by atoms with E-state index in [2.05, 4.69) is 44.6 Å². The first-order valence-electron chi connectivity index (χ1n) is 6.38. The lowest BCUT2D eigenvalue weighted by molar-refractivity contribution is 0.821. The number of aromatic nitrogens is 2. The van der Waals surface area contributed by atoms with E-state index in [-0.39, 0.29) is 0 Å². The summed E-state index contributed by atoms with van der Waals surface area (Å²) in [6.07, 6.45) is 0. The van der Waals surface area contributed by atoms with Crippen molar-refractivity contribution in [2.24, 2.45) is 0 Å². The second-order valence-electron chi connectivity index (χ2n) is 4.09. The molecule has 2 aromatic rings. The highest BCUT2D eigenvalue weighted by atomic mass is 32.1. The summed E-state index contributed by atoms with van der Waals surface area (Å²) in [5, 5.41) is 5.26. The van der Waals surface area contributed by atoms with Gasteiger partial charge in [0.15, 0.2) is 0 Å². The first-order valence-corrected chi connectivity index (χ1v) is 7.26. The smallest absolute Gasteiger partial charge is 0.223 e. The Morgan fingerprint density at radius 1 is 1.37 bits per heavy atom. The Labute approximate surface area is 117 Å². The third kappa shape index (κ3) is 3.57. The monoisotopic (exact) mass is 277 g/mol. The molecule has 0 aromatic carbocycles. The van der Waals surface area contributed by atoms with E-state index >= 15 is 0 Å². The molecule has 0 fully saturated rings. The Morgan fingerprint density at radius 2 is 2.21 bits per heavy atom. The van der Waals surface area contributed by atoms with Crippen LogP contribution in [0.3, 0.4) is 0 Å². The molecule has 0 aliphatic carbocycles. The maximum absolute atomic E-state index is 5.77. The van der Waals surface area contributed by atoms with Crippen LogP contribution in [-0.2, 0) is 6.54 Å². The molecule has 2 rings (SSSR count). The lowest BCUT2D eigenvalue weighted by Crippen LogP contribution is -2.23. The third-order valence-electron chi connectivity index (χ3n) is 2.72. The van der Waals surface area contributed by atoms with Crippen LogP contribution >= 0.6 is 11.3 Å². The molecule has 0 amide bonds. The molecule has 0 atom stereocenters. The zero-order valence-corrected chi connectivity index (χ0v) is 12.1. The van der Waals surface area contributed by atoms with Crippen LogP contribution in [-0.4, -0.2) is 23.1 Å². The number of nitrogen functional groups attached to an aromatic ring is 1. The van der Waals surface area contributed by atoms with E-state index in [0.717, 1.165) is 31.3 Å². The summed E-state index contributed by atoms with van der Waals surface area (Å²) in [5.41, 5.74) is 5.77. The zero-order valence-electron chi connectivity index (χ0n) is 11.3. The average Bonchev–Trinajstić information content (AvgIpc) is 2.88. The van der Waals surface area contributed by atoms with Crippen LogP contribution in [0, 0.1) is 0 Å². The summed E-state index contributed by atoms with van der Waals surface area (Å²) >= 11 is 1.75. The minimum Gasteiger partial charge on any atom is -0.370 e. The van der Waals surface area contributed by atoms with Gasteiger partial charge in [0, 0.05) is 24.0 Å². The number of nitrogens with two attached hydrogens (primary N) is 1. The van der Waals surface area contributed by atoms with Gasteiger partial charge in [0.25, 0.3) is 0 Å². The molecule has 102 valence electrons. The molecule has 0 bridgehead atoms. The molecule has 0 unspecified atom stereocenters. The summed E-state index contributed by atoms with van der Waals surface area (Å²) in [7, 11) is 0. The van der Waals surface area contributed by atoms with E-state index in [0.29, 0.717) is 5.95 Å². The van der Waals surface area contributed by atoms with Gasteiger partial charge >= 0.3 is 0 Å². The number of hydrogen-bond donors (Lipinski definition) is 2. The molecule has 0 radical (unpaired) electrons.